The lowest BCUT2D eigenvalue weighted by Gasteiger charge is -2.14. The summed E-state index contributed by atoms with van der Waals surface area (Å²) in [6.45, 7) is -0.0590. The van der Waals surface area contributed by atoms with Crippen molar-refractivity contribution in [3.05, 3.63) is 65.0 Å². The van der Waals surface area contributed by atoms with Crippen LogP contribution < -0.4 is 10.6 Å². The molecule has 2 N–H and O–H groups in total. The number of pyridine rings is 1. The van der Waals surface area contributed by atoms with Crippen molar-refractivity contribution in [1.82, 2.24) is 15.6 Å². The molecular weight excluding hydrogens is 404 g/mol. The largest absolute Gasteiger partial charge is 0.416 e. The third kappa shape index (κ3) is 6.77. The average molecular weight is 419 g/mol. The normalized spacial score (nSPS) is 11.8. The number of rotatable bonds is 6. The fraction of sp³-hybridized carbons (Fsp3) is 0.278. The molecule has 0 spiro atoms. The van der Waals surface area contributed by atoms with Crippen LogP contribution in [0.4, 0.5) is 26.3 Å². The van der Waals surface area contributed by atoms with Crippen LogP contribution in [-0.4, -0.2) is 23.3 Å². The Bertz CT molecular complexity index is 834. The first-order valence-corrected chi connectivity index (χ1v) is 8.20. The molecule has 5 nitrogen and oxygen atoms in total. The van der Waals surface area contributed by atoms with Gasteiger partial charge >= 0.3 is 12.4 Å². The molecule has 0 bridgehead atoms. The van der Waals surface area contributed by atoms with Crippen LogP contribution in [0, 0.1) is 0 Å². The van der Waals surface area contributed by atoms with Crippen LogP contribution >= 0.6 is 0 Å². The van der Waals surface area contributed by atoms with Crippen molar-refractivity contribution in [1.29, 1.82) is 0 Å². The van der Waals surface area contributed by atoms with Gasteiger partial charge < -0.3 is 10.6 Å². The molecule has 0 atom stereocenters. The third-order valence-electron chi connectivity index (χ3n) is 3.73. The highest BCUT2D eigenvalue weighted by Gasteiger charge is 2.37. The number of carbonyl (C=O) groups is 2. The fourth-order valence-corrected chi connectivity index (χ4v) is 2.27. The second kappa shape index (κ2) is 8.93. The van der Waals surface area contributed by atoms with Crippen LogP contribution in [0.1, 0.15) is 33.5 Å². The molecule has 2 amide bonds. The highest BCUT2D eigenvalue weighted by molar-refractivity contribution is 5.95. The van der Waals surface area contributed by atoms with Crippen molar-refractivity contribution in [2.24, 2.45) is 0 Å². The molecule has 0 aliphatic heterocycles. The molecule has 1 heterocycles. The summed E-state index contributed by atoms with van der Waals surface area (Å²) in [7, 11) is 0. The molecule has 0 saturated carbocycles. The van der Waals surface area contributed by atoms with Crippen molar-refractivity contribution in [3.8, 4) is 0 Å². The number of alkyl halides is 6. The molecule has 2 aromatic rings. The molecule has 2 rings (SSSR count). The van der Waals surface area contributed by atoms with Gasteiger partial charge in [0.05, 0.1) is 11.1 Å². The first-order chi connectivity index (χ1) is 13.5. The van der Waals surface area contributed by atoms with E-state index in [0.29, 0.717) is 12.1 Å². The SMILES string of the molecule is O=C(CCNC(=O)c1cc(C(F)(F)F)cc(C(F)(F)F)c1)NCc1ccncc1. The van der Waals surface area contributed by atoms with Gasteiger partial charge in [0.1, 0.15) is 0 Å². The van der Waals surface area contributed by atoms with E-state index in [-0.39, 0.29) is 25.6 Å². The van der Waals surface area contributed by atoms with Crippen molar-refractivity contribution < 1.29 is 35.9 Å². The average Bonchev–Trinajstić information content (AvgIpc) is 2.65. The topological polar surface area (TPSA) is 71.1 Å². The molecule has 11 heteroatoms. The second-order valence-electron chi connectivity index (χ2n) is 5.93. The molecule has 1 aromatic carbocycles. The highest BCUT2D eigenvalue weighted by Crippen LogP contribution is 2.36. The van der Waals surface area contributed by atoms with Gasteiger partial charge in [-0.05, 0) is 35.9 Å². The molecule has 0 aliphatic carbocycles. The first-order valence-electron chi connectivity index (χ1n) is 8.20. The fourth-order valence-electron chi connectivity index (χ4n) is 2.27. The Morgan fingerprint density at radius 3 is 1.93 bits per heavy atom. The number of halogens is 6. The van der Waals surface area contributed by atoms with Crippen LogP contribution in [0.15, 0.2) is 42.7 Å². The minimum atomic E-state index is -5.05. The van der Waals surface area contributed by atoms with E-state index in [0.717, 1.165) is 5.56 Å². The van der Waals surface area contributed by atoms with Crippen molar-refractivity contribution >= 4 is 11.8 Å². The second-order valence-corrected chi connectivity index (χ2v) is 5.93. The van der Waals surface area contributed by atoms with Gasteiger partial charge in [0.25, 0.3) is 5.91 Å². The molecule has 0 unspecified atom stereocenters. The Balaban J connectivity index is 1.96. The standard InChI is InChI=1S/C18H15F6N3O2/c19-17(20,21)13-7-12(8-14(9-13)18(22,23)24)16(29)26-6-3-15(28)27-10-11-1-4-25-5-2-11/h1-2,4-5,7-9H,3,6,10H2,(H,26,29)(H,27,28). The maximum absolute atomic E-state index is 12.8. The van der Waals surface area contributed by atoms with Crippen LogP contribution in [-0.2, 0) is 23.7 Å². The van der Waals surface area contributed by atoms with E-state index in [9.17, 15) is 35.9 Å². The van der Waals surface area contributed by atoms with Gasteiger partial charge in [-0.1, -0.05) is 0 Å². The van der Waals surface area contributed by atoms with E-state index in [2.05, 4.69) is 15.6 Å². The van der Waals surface area contributed by atoms with E-state index < -0.39 is 40.9 Å². The minimum Gasteiger partial charge on any atom is -0.352 e. The maximum atomic E-state index is 12.8. The maximum Gasteiger partial charge on any atom is 0.416 e. The number of nitrogens with zero attached hydrogens (tertiary/aromatic N) is 1. The molecule has 1 aromatic heterocycles. The number of amides is 2. The zero-order valence-electron chi connectivity index (χ0n) is 14.7. The lowest BCUT2D eigenvalue weighted by atomic mass is 10.0. The molecule has 0 aliphatic rings. The number of benzene rings is 1. The van der Waals surface area contributed by atoms with Crippen LogP contribution in [0.5, 0.6) is 0 Å². The van der Waals surface area contributed by atoms with Crippen molar-refractivity contribution in [2.45, 2.75) is 25.3 Å². The zero-order valence-corrected chi connectivity index (χ0v) is 14.7. The smallest absolute Gasteiger partial charge is 0.352 e. The van der Waals surface area contributed by atoms with Crippen molar-refractivity contribution in [2.75, 3.05) is 6.54 Å². The van der Waals surface area contributed by atoms with Gasteiger partial charge in [0, 0.05) is 37.5 Å². The summed E-state index contributed by atoms with van der Waals surface area (Å²) in [5.41, 5.74) is -3.20. The summed E-state index contributed by atoms with van der Waals surface area (Å²) >= 11 is 0. The predicted octanol–water partition coefficient (Wildman–Crippen LogP) is 3.56. The summed E-state index contributed by atoms with van der Waals surface area (Å²) in [5, 5.41) is 4.70. The van der Waals surface area contributed by atoms with E-state index in [1.165, 1.54) is 12.4 Å². The quantitative estimate of drug-likeness (QED) is 0.704. The number of nitrogens with one attached hydrogen (secondary N) is 2. The molecule has 156 valence electrons. The Morgan fingerprint density at radius 1 is 0.862 bits per heavy atom. The van der Waals surface area contributed by atoms with E-state index >= 15 is 0 Å². The van der Waals surface area contributed by atoms with Gasteiger partial charge in [-0.3, -0.25) is 14.6 Å². The van der Waals surface area contributed by atoms with E-state index in [4.69, 9.17) is 0 Å². The predicted molar refractivity (Wildman–Crippen MR) is 89.5 cm³/mol. The van der Waals surface area contributed by atoms with Crippen LogP contribution in [0.2, 0.25) is 0 Å². The Hall–Kier alpha value is -3.11. The monoisotopic (exact) mass is 419 g/mol. The van der Waals surface area contributed by atoms with E-state index in [1.807, 2.05) is 0 Å². The lowest BCUT2D eigenvalue weighted by molar-refractivity contribution is -0.143. The van der Waals surface area contributed by atoms with Crippen molar-refractivity contribution in [3.63, 3.8) is 0 Å². The Labute approximate surface area is 161 Å². The molecule has 29 heavy (non-hydrogen) atoms. The summed E-state index contributed by atoms with van der Waals surface area (Å²) < 4.78 is 77.0. The summed E-state index contributed by atoms with van der Waals surface area (Å²) in [4.78, 5) is 27.5. The zero-order chi connectivity index (χ0) is 21.7. The van der Waals surface area contributed by atoms with Gasteiger partial charge in [0.2, 0.25) is 5.91 Å². The number of carbonyl (C=O) groups excluding carboxylic acids is 2. The summed E-state index contributed by atoms with van der Waals surface area (Å²) in [6.07, 6.45) is -7.24. The molecule has 0 fully saturated rings. The van der Waals surface area contributed by atoms with Gasteiger partial charge in [-0.2, -0.15) is 26.3 Å². The van der Waals surface area contributed by atoms with Crippen LogP contribution in [0.25, 0.3) is 0 Å². The molecular formula is C18H15F6N3O2. The minimum absolute atomic E-state index is 0.0661. The van der Waals surface area contributed by atoms with Gasteiger partial charge in [0.15, 0.2) is 0 Å². The lowest BCUT2D eigenvalue weighted by Crippen LogP contribution is -2.30. The number of hydrogen-bond acceptors (Lipinski definition) is 3. The first kappa shape index (κ1) is 22.2. The van der Waals surface area contributed by atoms with Gasteiger partial charge in [-0.15, -0.1) is 0 Å². The van der Waals surface area contributed by atoms with Gasteiger partial charge in [-0.25, -0.2) is 0 Å². The Morgan fingerprint density at radius 2 is 1.41 bits per heavy atom. The summed E-state index contributed by atoms with van der Waals surface area (Å²) in [6, 6.07) is 3.94. The highest BCUT2D eigenvalue weighted by atomic mass is 19.4. The summed E-state index contributed by atoms with van der Waals surface area (Å²) in [5.74, 6) is -1.61. The Kier molecular flexibility index (Phi) is 6.83. The molecule has 0 radical (unpaired) electrons. The third-order valence-corrected chi connectivity index (χ3v) is 3.73. The molecule has 0 saturated heterocycles. The van der Waals surface area contributed by atoms with Crippen LogP contribution in [0.3, 0.4) is 0 Å². The number of aromatic nitrogens is 1. The van der Waals surface area contributed by atoms with E-state index in [1.54, 1.807) is 12.1 Å². The number of hydrogen-bond donors (Lipinski definition) is 2.